The Morgan fingerprint density at radius 1 is 1.33 bits per heavy atom. The number of nitrogens with two attached hydrogens (primary N) is 1. The van der Waals surface area contributed by atoms with Crippen LogP contribution in [-0.2, 0) is 11.3 Å². The van der Waals surface area contributed by atoms with Crippen LogP contribution in [0.2, 0.25) is 0 Å². The number of tetrazole rings is 1. The maximum Gasteiger partial charge on any atom is 0.182 e. The Kier molecular flexibility index (Phi) is 3.88. The van der Waals surface area contributed by atoms with Crippen molar-refractivity contribution in [3.8, 4) is 11.4 Å². The van der Waals surface area contributed by atoms with Gasteiger partial charge in [0.1, 0.15) is 0 Å². The molecule has 1 atom stereocenters. The molecule has 0 aliphatic carbocycles. The summed E-state index contributed by atoms with van der Waals surface area (Å²) in [5.41, 5.74) is 10.0. The van der Waals surface area contributed by atoms with Crippen molar-refractivity contribution in [2.45, 2.75) is 33.2 Å². The van der Waals surface area contributed by atoms with Crippen molar-refractivity contribution in [1.82, 2.24) is 20.2 Å². The molecule has 6 heteroatoms. The quantitative estimate of drug-likeness (QED) is 0.870. The van der Waals surface area contributed by atoms with E-state index in [0.717, 1.165) is 60.8 Å². The van der Waals surface area contributed by atoms with E-state index in [-0.39, 0.29) is 0 Å². The van der Waals surface area contributed by atoms with E-state index in [1.165, 1.54) is 0 Å². The van der Waals surface area contributed by atoms with Crippen LogP contribution in [0.15, 0.2) is 12.1 Å². The van der Waals surface area contributed by atoms with Crippen LogP contribution in [-0.4, -0.2) is 33.4 Å². The summed E-state index contributed by atoms with van der Waals surface area (Å²) in [4.78, 5) is 0. The maximum atomic E-state index is 6.02. The van der Waals surface area contributed by atoms with Gasteiger partial charge in [-0.3, -0.25) is 0 Å². The second-order valence-corrected chi connectivity index (χ2v) is 5.77. The zero-order chi connectivity index (χ0) is 14.8. The molecule has 1 aliphatic heterocycles. The molecule has 0 saturated carbocycles. The van der Waals surface area contributed by atoms with Crippen LogP contribution in [0.3, 0.4) is 0 Å². The van der Waals surface area contributed by atoms with Crippen LogP contribution < -0.4 is 5.73 Å². The lowest BCUT2D eigenvalue weighted by molar-refractivity contribution is 0.183. The molecule has 6 nitrogen and oxygen atoms in total. The van der Waals surface area contributed by atoms with Gasteiger partial charge in [0.15, 0.2) is 5.82 Å². The summed E-state index contributed by atoms with van der Waals surface area (Å²) in [5.74, 6) is 1.41. The fraction of sp³-hybridized carbons (Fsp3) is 0.533. The third-order valence-electron chi connectivity index (χ3n) is 4.16. The number of aryl methyl sites for hydroxylation is 3. The summed E-state index contributed by atoms with van der Waals surface area (Å²) in [6.07, 6.45) is 2.17. The number of nitrogen functional groups attached to an aromatic ring is 1. The molecular formula is C15H21N5O. The van der Waals surface area contributed by atoms with E-state index in [1.807, 2.05) is 17.7 Å². The number of hydrogen-bond donors (Lipinski definition) is 1. The van der Waals surface area contributed by atoms with E-state index >= 15 is 0 Å². The number of nitrogens with zero attached hydrogens (tertiary/aromatic N) is 4. The monoisotopic (exact) mass is 287 g/mol. The summed E-state index contributed by atoms with van der Waals surface area (Å²) in [6.45, 7) is 6.61. The van der Waals surface area contributed by atoms with E-state index < -0.39 is 0 Å². The molecule has 2 heterocycles. The minimum Gasteiger partial charge on any atom is -0.398 e. The average molecular weight is 287 g/mol. The number of rotatable bonds is 4. The van der Waals surface area contributed by atoms with Gasteiger partial charge in [-0.05, 0) is 60.2 Å². The van der Waals surface area contributed by atoms with Crippen LogP contribution in [0.25, 0.3) is 11.4 Å². The van der Waals surface area contributed by atoms with Crippen LogP contribution in [0, 0.1) is 19.8 Å². The largest absolute Gasteiger partial charge is 0.398 e. The minimum absolute atomic E-state index is 0.617. The number of anilines is 1. The topological polar surface area (TPSA) is 78.8 Å². The summed E-state index contributed by atoms with van der Waals surface area (Å²) in [7, 11) is 0. The van der Waals surface area contributed by atoms with Crippen molar-refractivity contribution in [1.29, 1.82) is 0 Å². The van der Waals surface area contributed by atoms with Gasteiger partial charge in [-0.1, -0.05) is 6.07 Å². The molecule has 1 unspecified atom stereocenters. The highest BCUT2D eigenvalue weighted by atomic mass is 16.5. The molecule has 1 fully saturated rings. The molecule has 2 aromatic rings. The van der Waals surface area contributed by atoms with Gasteiger partial charge in [0.25, 0.3) is 0 Å². The first-order valence-electron chi connectivity index (χ1n) is 7.36. The molecule has 3 rings (SSSR count). The zero-order valence-electron chi connectivity index (χ0n) is 12.5. The Morgan fingerprint density at radius 3 is 2.95 bits per heavy atom. The Hall–Kier alpha value is -1.95. The molecule has 1 aliphatic rings. The summed E-state index contributed by atoms with van der Waals surface area (Å²) in [6, 6.07) is 4.04. The normalized spacial score (nSPS) is 18.3. The number of aromatic nitrogens is 4. The van der Waals surface area contributed by atoms with Crippen LogP contribution in [0.4, 0.5) is 5.69 Å². The van der Waals surface area contributed by atoms with Gasteiger partial charge in [-0.2, -0.15) is 0 Å². The van der Waals surface area contributed by atoms with Crippen molar-refractivity contribution in [2.24, 2.45) is 5.92 Å². The Labute approximate surface area is 124 Å². The van der Waals surface area contributed by atoms with Gasteiger partial charge >= 0.3 is 0 Å². The van der Waals surface area contributed by atoms with Crippen molar-refractivity contribution < 1.29 is 4.74 Å². The third-order valence-corrected chi connectivity index (χ3v) is 4.16. The van der Waals surface area contributed by atoms with Gasteiger partial charge in [0.05, 0.1) is 0 Å². The SMILES string of the molecule is Cc1cc(C)c(-c2nnnn2CCC2CCOC2)cc1N. The lowest BCUT2D eigenvalue weighted by Gasteiger charge is -2.11. The average Bonchev–Trinajstić information content (AvgIpc) is 3.11. The zero-order valence-corrected chi connectivity index (χ0v) is 12.5. The highest BCUT2D eigenvalue weighted by Crippen LogP contribution is 2.26. The van der Waals surface area contributed by atoms with Gasteiger partial charge in [-0.15, -0.1) is 5.10 Å². The van der Waals surface area contributed by atoms with E-state index in [4.69, 9.17) is 10.5 Å². The standard InChI is InChI=1S/C15H21N5O/c1-10-7-11(2)14(16)8-13(10)15-17-18-19-20(15)5-3-12-4-6-21-9-12/h7-8,12H,3-6,9,16H2,1-2H3. The molecule has 2 N–H and O–H groups in total. The highest BCUT2D eigenvalue weighted by molar-refractivity contribution is 5.67. The minimum atomic E-state index is 0.617. The smallest absolute Gasteiger partial charge is 0.182 e. The molecule has 0 radical (unpaired) electrons. The molecule has 21 heavy (non-hydrogen) atoms. The molecular weight excluding hydrogens is 266 g/mol. The van der Waals surface area contributed by atoms with E-state index in [1.54, 1.807) is 0 Å². The lowest BCUT2D eigenvalue weighted by Crippen LogP contribution is -2.09. The predicted octanol–water partition coefficient (Wildman–Crippen LogP) is 1.97. The first-order valence-corrected chi connectivity index (χ1v) is 7.36. The number of hydrogen-bond acceptors (Lipinski definition) is 5. The lowest BCUT2D eigenvalue weighted by atomic mass is 10.0. The van der Waals surface area contributed by atoms with Crippen LogP contribution in [0.5, 0.6) is 0 Å². The Bertz CT molecular complexity index is 631. The summed E-state index contributed by atoms with van der Waals surface area (Å²) >= 11 is 0. The van der Waals surface area contributed by atoms with Gasteiger partial charge in [0, 0.05) is 31.0 Å². The molecule has 1 saturated heterocycles. The fourth-order valence-corrected chi connectivity index (χ4v) is 2.77. The molecule has 112 valence electrons. The van der Waals surface area contributed by atoms with Crippen molar-refractivity contribution in [3.05, 3.63) is 23.3 Å². The molecule has 1 aromatic carbocycles. The second kappa shape index (κ2) is 5.81. The third kappa shape index (κ3) is 2.90. The van der Waals surface area contributed by atoms with Crippen molar-refractivity contribution in [3.63, 3.8) is 0 Å². The second-order valence-electron chi connectivity index (χ2n) is 5.77. The fourth-order valence-electron chi connectivity index (χ4n) is 2.77. The molecule has 1 aromatic heterocycles. The summed E-state index contributed by atoms with van der Waals surface area (Å²) in [5, 5.41) is 12.1. The maximum absolute atomic E-state index is 6.02. The first kappa shape index (κ1) is 14.0. The van der Waals surface area contributed by atoms with Gasteiger partial charge < -0.3 is 10.5 Å². The van der Waals surface area contributed by atoms with E-state index in [9.17, 15) is 0 Å². The van der Waals surface area contributed by atoms with E-state index in [0.29, 0.717) is 5.92 Å². The summed E-state index contributed by atoms with van der Waals surface area (Å²) < 4.78 is 7.28. The number of ether oxygens (including phenoxy) is 1. The Morgan fingerprint density at radius 2 is 2.19 bits per heavy atom. The van der Waals surface area contributed by atoms with Crippen LogP contribution in [0.1, 0.15) is 24.0 Å². The molecule has 0 amide bonds. The predicted molar refractivity (Wildman–Crippen MR) is 80.7 cm³/mol. The van der Waals surface area contributed by atoms with Crippen molar-refractivity contribution in [2.75, 3.05) is 18.9 Å². The molecule has 0 spiro atoms. The highest BCUT2D eigenvalue weighted by Gasteiger charge is 2.18. The Balaban J connectivity index is 1.83. The molecule has 0 bridgehead atoms. The van der Waals surface area contributed by atoms with E-state index in [2.05, 4.69) is 28.5 Å². The van der Waals surface area contributed by atoms with Crippen molar-refractivity contribution >= 4 is 5.69 Å². The van der Waals surface area contributed by atoms with Gasteiger partial charge in [-0.25, -0.2) is 4.68 Å². The van der Waals surface area contributed by atoms with Crippen LogP contribution >= 0.6 is 0 Å². The number of benzene rings is 1. The first-order chi connectivity index (χ1) is 10.1. The van der Waals surface area contributed by atoms with Gasteiger partial charge in [0.2, 0.25) is 0 Å².